The van der Waals surface area contributed by atoms with Crippen molar-refractivity contribution >= 4 is 23.1 Å². The van der Waals surface area contributed by atoms with E-state index in [1.54, 1.807) is 6.92 Å². The van der Waals surface area contributed by atoms with Crippen molar-refractivity contribution < 1.29 is 9.90 Å². The lowest BCUT2D eigenvalue weighted by molar-refractivity contribution is 0.0818. The molecule has 0 atom stereocenters. The topological polar surface area (TPSA) is 125 Å². The van der Waals surface area contributed by atoms with E-state index in [-0.39, 0.29) is 22.9 Å². The van der Waals surface area contributed by atoms with E-state index in [9.17, 15) is 19.5 Å². The summed E-state index contributed by atoms with van der Waals surface area (Å²) in [7, 11) is 3.02. The first-order chi connectivity index (χ1) is 11.8. The molecule has 0 spiro atoms. The fourth-order valence-electron chi connectivity index (χ4n) is 1.81. The van der Waals surface area contributed by atoms with Crippen LogP contribution in [0.3, 0.4) is 0 Å². The maximum atomic E-state index is 11.9. The zero-order chi connectivity index (χ0) is 19.1. The zero-order valence-electron chi connectivity index (χ0n) is 15.0. The maximum absolute atomic E-state index is 11.9. The maximum Gasteiger partial charge on any atom is 0.276 e. The summed E-state index contributed by atoms with van der Waals surface area (Å²) in [6.45, 7) is 6.48. The second-order valence-corrected chi connectivity index (χ2v) is 5.39. The number of aromatic nitrogens is 2. The van der Waals surface area contributed by atoms with Crippen molar-refractivity contribution in [3.8, 4) is 5.75 Å². The van der Waals surface area contributed by atoms with Crippen LogP contribution in [-0.4, -0.2) is 46.5 Å². The largest absolute Gasteiger partial charge is 0.503 e. The van der Waals surface area contributed by atoms with Gasteiger partial charge in [-0.05, 0) is 6.92 Å². The van der Waals surface area contributed by atoms with E-state index in [1.165, 1.54) is 25.4 Å². The van der Waals surface area contributed by atoms with Crippen LogP contribution >= 0.6 is 0 Å². The first-order valence-electron chi connectivity index (χ1n) is 7.89. The summed E-state index contributed by atoms with van der Waals surface area (Å²) in [5.74, 6) is -1.12. The van der Waals surface area contributed by atoms with E-state index in [4.69, 9.17) is 0 Å². The number of hydrogen-bond acceptors (Lipinski definition) is 8. The Morgan fingerprint density at radius 3 is 2.20 bits per heavy atom. The number of carbonyl (C=O) groups excluding carboxylic acids is 1. The lowest BCUT2D eigenvalue weighted by atomic mass is 10.2. The Bertz CT molecular complexity index is 809. The molecule has 1 aromatic heterocycles. The summed E-state index contributed by atoms with van der Waals surface area (Å²) < 4.78 is 0. The predicted octanol–water partition coefficient (Wildman–Crippen LogP) is 1.07. The van der Waals surface area contributed by atoms with Gasteiger partial charge in [-0.25, -0.2) is 9.97 Å². The number of hydrogen-bond donors (Lipinski definition) is 3. The molecule has 9 heteroatoms. The molecule has 2 aromatic rings. The van der Waals surface area contributed by atoms with Gasteiger partial charge in [-0.2, -0.15) is 0 Å². The summed E-state index contributed by atoms with van der Waals surface area (Å²) in [6, 6.07) is 0. The normalized spacial score (nSPS) is 9.96. The van der Waals surface area contributed by atoms with E-state index in [2.05, 4.69) is 34.4 Å². The molecule has 0 saturated carbocycles. The van der Waals surface area contributed by atoms with Crippen molar-refractivity contribution in [3.63, 3.8) is 0 Å². The molecule has 136 valence electrons. The molecule has 0 aliphatic rings. The van der Waals surface area contributed by atoms with Gasteiger partial charge >= 0.3 is 0 Å². The van der Waals surface area contributed by atoms with Crippen LogP contribution in [0.15, 0.2) is 15.9 Å². The average Bonchev–Trinajstić information content (AvgIpc) is 2.59. The molecular formula is C16H23N5O4. The quantitative estimate of drug-likeness (QED) is 0.685. The van der Waals surface area contributed by atoms with Crippen molar-refractivity contribution in [3.05, 3.63) is 32.5 Å². The molecule has 1 aromatic carbocycles. The van der Waals surface area contributed by atoms with Gasteiger partial charge in [0, 0.05) is 20.6 Å². The molecule has 1 amide bonds. The van der Waals surface area contributed by atoms with Gasteiger partial charge in [0.1, 0.15) is 17.7 Å². The van der Waals surface area contributed by atoms with Crippen molar-refractivity contribution in [1.82, 2.24) is 14.9 Å². The van der Waals surface area contributed by atoms with Gasteiger partial charge in [-0.1, -0.05) is 20.3 Å². The Balaban J connectivity index is 0.000000970. The molecule has 0 radical (unpaired) electrons. The number of carbonyl (C=O) groups is 1. The van der Waals surface area contributed by atoms with Crippen LogP contribution in [0.2, 0.25) is 0 Å². The van der Waals surface area contributed by atoms with Crippen LogP contribution < -0.4 is 21.5 Å². The van der Waals surface area contributed by atoms with Crippen LogP contribution in [0, 0.1) is 0 Å². The number of anilines is 3. The van der Waals surface area contributed by atoms with E-state index < -0.39 is 22.5 Å². The molecule has 0 aliphatic carbocycles. The minimum Gasteiger partial charge on any atom is -0.503 e. The molecule has 0 saturated heterocycles. The van der Waals surface area contributed by atoms with Crippen LogP contribution in [0.1, 0.15) is 37.7 Å². The highest BCUT2D eigenvalue weighted by atomic mass is 16.3. The van der Waals surface area contributed by atoms with Crippen LogP contribution in [-0.2, 0) is 0 Å². The van der Waals surface area contributed by atoms with Gasteiger partial charge in [0.25, 0.3) is 16.8 Å². The minimum atomic E-state index is -0.713. The smallest absolute Gasteiger partial charge is 0.276 e. The zero-order valence-corrected chi connectivity index (χ0v) is 15.0. The van der Waals surface area contributed by atoms with E-state index in [1.807, 2.05) is 0 Å². The molecule has 0 aliphatic heterocycles. The molecule has 0 unspecified atom stereocenters. The Labute approximate surface area is 145 Å². The van der Waals surface area contributed by atoms with Crippen molar-refractivity contribution in [2.75, 3.05) is 31.3 Å². The Morgan fingerprint density at radius 2 is 1.68 bits per heavy atom. The molecule has 9 nitrogen and oxygen atoms in total. The second-order valence-electron chi connectivity index (χ2n) is 5.39. The highest BCUT2D eigenvalue weighted by molar-refractivity contribution is 5.96. The lowest BCUT2D eigenvalue weighted by Gasteiger charge is -2.15. The SMILES string of the molecule is CCC.CCNc1c(Nc2ncnc(C(=O)N(C)C)c2O)c(=O)c1=O. The van der Waals surface area contributed by atoms with Crippen molar-refractivity contribution in [2.24, 2.45) is 0 Å². The molecular weight excluding hydrogens is 326 g/mol. The highest BCUT2D eigenvalue weighted by Crippen LogP contribution is 2.28. The third-order valence-electron chi connectivity index (χ3n) is 2.94. The number of nitrogens with zero attached hydrogens (tertiary/aromatic N) is 3. The number of aromatic hydroxyl groups is 1. The van der Waals surface area contributed by atoms with E-state index in [0.717, 1.165) is 6.33 Å². The van der Waals surface area contributed by atoms with Crippen molar-refractivity contribution in [1.29, 1.82) is 0 Å². The van der Waals surface area contributed by atoms with Crippen LogP contribution in [0.4, 0.5) is 17.2 Å². The lowest BCUT2D eigenvalue weighted by Crippen LogP contribution is -2.36. The fraction of sp³-hybridized carbons (Fsp3) is 0.438. The Morgan fingerprint density at radius 1 is 1.12 bits per heavy atom. The molecule has 3 N–H and O–H groups in total. The van der Waals surface area contributed by atoms with E-state index in [0.29, 0.717) is 6.54 Å². The van der Waals surface area contributed by atoms with Gasteiger partial charge in [0.05, 0.1) is 0 Å². The number of rotatable bonds is 5. The summed E-state index contributed by atoms with van der Waals surface area (Å²) in [5.41, 5.74) is -1.42. The van der Waals surface area contributed by atoms with Crippen molar-refractivity contribution in [2.45, 2.75) is 27.2 Å². The first-order valence-corrected chi connectivity index (χ1v) is 7.89. The molecule has 2 rings (SSSR count). The average molecular weight is 349 g/mol. The summed E-state index contributed by atoms with van der Waals surface area (Å²) in [4.78, 5) is 43.6. The third kappa shape index (κ3) is 4.31. The van der Waals surface area contributed by atoms with Gasteiger partial charge in [0.15, 0.2) is 17.3 Å². The Hall–Kier alpha value is -2.97. The predicted molar refractivity (Wildman–Crippen MR) is 96.5 cm³/mol. The first kappa shape index (κ1) is 20.1. The van der Waals surface area contributed by atoms with Gasteiger partial charge in [-0.3, -0.25) is 14.4 Å². The minimum absolute atomic E-state index is 0.00380. The van der Waals surface area contributed by atoms with Gasteiger partial charge < -0.3 is 20.6 Å². The van der Waals surface area contributed by atoms with Gasteiger partial charge in [0.2, 0.25) is 0 Å². The summed E-state index contributed by atoms with van der Waals surface area (Å²) in [6.07, 6.45) is 2.33. The molecule has 25 heavy (non-hydrogen) atoms. The number of amides is 1. The second kappa shape index (κ2) is 8.76. The van der Waals surface area contributed by atoms with Crippen LogP contribution in [0.5, 0.6) is 5.75 Å². The van der Waals surface area contributed by atoms with Gasteiger partial charge in [-0.15, -0.1) is 0 Å². The molecule has 1 heterocycles. The summed E-state index contributed by atoms with van der Waals surface area (Å²) in [5, 5.41) is 15.4. The molecule has 0 bridgehead atoms. The van der Waals surface area contributed by atoms with Crippen LogP contribution in [0.25, 0.3) is 0 Å². The standard InChI is InChI=1S/C13H15N5O4.C3H8/c1-4-14-6-7(10(20)9(6)19)17-12-11(21)8(15-5-16-12)13(22)18(2)3;1-3-2/h5,14,21H,4H2,1-3H3,(H,15,16,17);3H2,1-2H3. The monoisotopic (exact) mass is 349 g/mol. The van der Waals surface area contributed by atoms with E-state index >= 15 is 0 Å². The third-order valence-corrected chi connectivity index (χ3v) is 2.94. The number of nitrogens with one attached hydrogen (secondary N) is 2. The fourth-order valence-corrected chi connectivity index (χ4v) is 1.81. The highest BCUT2D eigenvalue weighted by Gasteiger charge is 2.24. The Kier molecular flexibility index (Phi) is 7.04. The molecule has 0 fully saturated rings. The summed E-state index contributed by atoms with van der Waals surface area (Å²) >= 11 is 0.